The second kappa shape index (κ2) is 16.9. The zero-order valence-corrected chi connectivity index (χ0v) is 34.2. The van der Waals surface area contributed by atoms with Crippen molar-refractivity contribution >= 4 is 57.5 Å². The minimum Gasteiger partial charge on any atom is -0.870 e. The van der Waals surface area contributed by atoms with E-state index >= 15 is 0 Å². The second-order valence-electron chi connectivity index (χ2n) is 15.1. The number of carbonyl (C=O) groups is 4. The third kappa shape index (κ3) is 8.63. The number of esters is 1. The molecule has 0 atom stereocenters. The molecule has 0 fully saturated rings. The molecule has 4 aromatic heterocycles. The van der Waals surface area contributed by atoms with Gasteiger partial charge < -0.3 is 46.6 Å². The van der Waals surface area contributed by atoms with Crippen molar-refractivity contribution in [3.05, 3.63) is 82.4 Å². The molecule has 18 heteroatoms. The summed E-state index contributed by atoms with van der Waals surface area (Å²) in [5, 5.41) is 21.2. The molecular formula is C41H45LiN10O7. The number of carbonyl (C=O) groups excluding carboxylic acids is 3. The Labute approximate surface area is 351 Å². The minimum atomic E-state index is -1.19. The molecule has 0 spiro atoms. The number of aromatic amines is 2. The third-order valence-electron chi connectivity index (χ3n) is 10.0. The van der Waals surface area contributed by atoms with Gasteiger partial charge in [0, 0.05) is 59.8 Å². The number of aryl methyl sites for hydroxylation is 2. The van der Waals surface area contributed by atoms with Gasteiger partial charge in [-0.25, -0.2) is 29.5 Å². The van der Waals surface area contributed by atoms with Gasteiger partial charge in [0.1, 0.15) is 33.7 Å². The molecule has 0 saturated carbocycles. The number of methoxy groups -OCH3 is 1. The molecule has 2 aromatic carbocycles. The van der Waals surface area contributed by atoms with Gasteiger partial charge in [-0.05, 0) is 65.8 Å². The monoisotopic (exact) mass is 796 g/mol. The van der Waals surface area contributed by atoms with Crippen molar-refractivity contribution in [3.8, 4) is 22.5 Å². The fourth-order valence-electron chi connectivity index (χ4n) is 6.83. The molecule has 2 aliphatic heterocycles. The normalized spacial score (nSPS) is 13.3. The fraction of sp³-hybridized carbons (Fsp3) is 0.317. The molecule has 2 amide bonds. The van der Waals surface area contributed by atoms with E-state index in [0.717, 1.165) is 52.3 Å². The Morgan fingerprint density at radius 2 is 1.12 bits per heavy atom. The second-order valence-corrected chi connectivity index (χ2v) is 15.1. The van der Waals surface area contributed by atoms with Crippen LogP contribution < -0.4 is 40.1 Å². The maximum absolute atomic E-state index is 12.1. The van der Waals surface area contributed by atoms with Gasteiger partial charge in [0.25, 0.3) is 11.8 Å². The van der Waals surface area contributed by atoms with Gasteiger partial charge in [-0.15, -0.1) is 0 Å². The van der Waals surface area contributed by atoms with Crippen LogP contribution in [0.1, 0.15) is 71.2 Å². The van der Waals surface area contributed by atoms with Crippen molar-refractivity contribution in [2.75, 3.05) is 30.8 Å². The van der Waals surface area contributed by atoms with Crippen molar-refractivity contribution < 1.29 is 53.4 Å². The molecule has 302 valence electrons. The molecule has 59 heavy (non-hydrogen) atoms. The standard InChI is InChI=1S/C21H23N5O3.C20H21N5O3.Li.H2O/c1-11-18(26-21(2,3)20(28)29-4)25-17-12(6-5-7-15(17)23-11)16-10-13-14(24-16)8-9-22-19(13)27;1-10-17(25-20(2,3)19(27)28)24-16-11(5-4-6-14(16)22-10)15-9-12-13(23-15)7-8-21-18(12)26;;/h5-7,10,24H,8-9H2,1-4H3,(H,22,27)(H,25,26);4-6,9,23H,7-8H2,1-3H3,(H,21,26)(H,24,25)(H,27,28);;1H2/q;;+1;/p-1. The molecule has 8 N–H and O–H groups in total. The SMILES string of the molecule is COC(=O)C(C)(C)Nc1nc2c(-c3cc4c([nH]3)CCNC4=O)cccc2nc1C.Cc1nc2cccc(-c3cc4c([nH]3)CCNC4=O)c2nc1NC(C)(C)C(=O)O.[Li+].[OH-]. The first-order valence-electron chi connectivity index (χ1n) is 18.5. The molecule has 0 aliphatic carbocycles. The number of fused-ring (bicyclic) bond motifs is 4. The molecular weight excluding hydrogens is 751 g/mol. The number of nitrogens with zero attached hydrogens (tertiary/aromatic N) is 4. The maximum atomic E-state index is 12.1. The molecule has 0 unspecified atom stereocenters. The average molecular weight is 797 g/mol. The van der Waals surface area contributed by atoms with Crippen LogP contribution in [0.15, 0.2) is 48.5 Å². The summed E-state index contributed by atoms with van der Waals surface area (Å²) in [4.78, 5) is 73.2. The number of aromatic nitrogens is 6. The van der Waals surface area contributed by atoms with Gasteiger partial charge >= 0.3 is 30.8 Å². The minimum absolute atomic E-state index is 0. The van der Waals surface area contributed by atoms with E-state index in [1.54, 1.807) is 34.6 Å². The first-order valence-corrected chi connectivity index (χ1v) is 18.5. The first-order chi connectivity index (χ1) is 27.1. The summed E-state index contributed by atoms with van der Waals surface area (Å²) in [6.07, 6.45) is 1.51. The summed E-state index contributed by atoms with van der Waals surface area (Å²) in [5.74, 6) is -0.606. The smallest absolute Gasteiger partial charge is 0.870 e. The van der Waals surface area contributed by atoms with E-state index in [9.17, 15) is 24.3 Å². The van der Waals surface area contributed by atoms with Gasteiger partial charge in [0.15, 0.2) is 0 Å². The number of hydrogen-bond acceptors (Lipinski definition) is 12. The summed E-state index contributed by atoms with van der Waals surface area (Å²) in [6, 6.07) is 15.1. The van der Waals surface area contributed by atoms with E-state index in [4.69, 9.17) is 9.72 Å². The number of H-pyrrole nitrogens is 2. The fourth-order valence-corrected chi connectivity index (χ4v) is 6.83. The van der Waals surface area contributed by atoms with Crippen molar-refractivity contribution in [1.29, 1.82) is 0 Å². The van der Waals surface area contributed by atoms with Crippen LogP contribution in [-0.2, 0) is 27.2 Å². The molecule has 17 nitrogen and oxygen atoms in total. The van der Waals surface area contributed by atoms with E-state index in [0.29, 0.717) is 63.8 Å². The topological polar surface area (TPSA) is 259 Å². The number of anilines is 2. The van der Waals surface area contributed by atoms with E-state index in [2.05, 4.69) is 46.2 Å². The van der Waals surface area contributed by atoms with Crippen LogP contribution in [0.2, 0.25) is 0 Å². The largest absolute Gasteiger partial charge is 1.00 e. The van der Waals surface area contributed by atoms with Crippen molar-refractivity contribution in [1.82, 2.24) is 40.5 Å². The maximum Gasteiger partial charge on any atom is 1.00 e. The molecule has 0 bridgehead atoms. The average Bonchev–Trinajstić information content (AvgIpc) is 3.81. The molecule has 8 rings (SSSR count). The van der Waals surface area contributed by atoms with E-state index in [1.807, 2.05) is 55.5 Å². The number of amides is 2. The molecule has 0 saturated heterocycles. The summed E-state index contributed by atoms with van der Waals surface area (Å²) in [7, 11) is 1.35. The van der Waals surface area contributed by atoms with Crippen LogP contribution in [0.3, 0.4) is 0 Å². The number of ether oxygens (including phenoxy) is 1. The Morgan fingerprint density at radius 1 is 0.695 bits per heavy atom. The van der Waals surface area contributed by atoms with E-state index < -0.39 is 23.0 Å². The summed E-state index contributed by atoms with van der Waals surface area (Å²) >= 11 is 0. The van der Waals surface area contributed by atoms with Crippen LogP contribution in [0.4, 0.5) is 11.6 Å². The molecule has 6 heterocycles. The number of benzene rings is 2. The van der Waals surface area contributed by atoms with Crippen LogP contribution in [0, 0.1) is 13.8 Å². The Morgan fingerprint density at radius 3 is 1.51 bits per heavy atom. The Hall–Kier alpha value is -6.28. The van der Waals surface area contributed by atoms with Gasteiger partial charge in [-0.2, -0.15) is 0 Å². The Bertz CT molecular complexity index is 2620. The number of aliphatic carboxylic acids is 1. The molecule has 2 aliphatic rings. The Kier molecular flexibility index (Phi) is 12.6. The quantitative estimate of drug-likeness (QED) is 0.0859. The zero-order valence-electron chi connectivity index (χ0n) is 34.2. The number of carboxylic acid groups (broad SMARTS) is 1. The number of rotatable bonds is 8. The van der Waals surface area contributed by atoms with Crippen molar-refractivity contribution in [3.63, 3.8) is 0 Å². The molecule has 6 aromatic rings. The zero-order chi connectivity index (χ0) is 40.8. The van der Waals surface area contributed by atoms with Gasteiger partial charge in [-0.3, -0.25) is 9.59 Å². The van der Waals surface area contributed by atoms with Crippen molar-refractivity contribution in [2.24, 2.45) is 0 Å². The van der Waals surface area contributed by atoms with E-state index in [-0.39, 0.29) is 36.2 Å². The van der Waals surface area contributed by atoms with Gasteiger partial charge in [0.05, 0.1) is 40.7 Å². The third-order valence-corrected chi connectivity index (χ3v) is 10.0. The predicted molar refractivity (Wildman–Crippen MR) is 217 cm³/mol. The number of para-hydroxylation sites is 2. The summed E-state index contributed by atoms with van der Waals surface area (Å²) in [6.45, 7) is 11.5. The summed E-state index contributed by atoms with van der Waals surface area (Å²) in [5.41, 5.74) is 8.28. The van der Waals surface area contributed by atoms with Gasteiger partial charge in [-0.1, -0.05) is 24.3 Å². The van der Waals surface area contributed by atoms with Crippen LogP contribution in [-0.4, -0.2) is 95.5 Å². The summed E-state index contributed by atoms with van der Waals surface area (Å²) < 4.78 is 4.87. The van der Waals surface area contributed by atoms with Crippen molar-refractivity contribution in [2.45, 2.75) is 65.5 Å². The number of nitrogens with one attached hydrogen (secondary N) is 6. The number of carboxylic acids is 1. The molecule has 0 radical (unpaired) electrons. The Balaban J connectivity index is 0.000000217. The number of hydrogen-bond donors (Lipinski definition) is 7. The van der Waals surface area contributed by atoms with E-state index in [1.165, 1.54) is 7.11 Å². The first kappa shape index (κ1) is 43.8. The predicted octanol–water partition coefficient (Wildman–Crippen LogP) is 1.90. The van der Waals surface area contributed by atoms with Crippen LogP contribution in [0.5, 0.6) is 0 Å². The van der Waals surface area contributed by atoms with Crippen LogP contribution in [0.25, 0.3) is 44.6 Å². The van der Waals surface area contributed by atoms with Crippen LogP contribution >= 0.6 is 0 Å². The van der Waals surface area contributed by atoms with Gasteiger partial charge in [0.2, 0.25) is 0 Å².